The van der Waals surface area contributed by atoms with E-state index in [1.54, 1.807) is 6.07 Å². The molecule has 24 heavy (non-hydrogen) atoms. The lowest BCUT2D eigenvalue weighted by atomic mass is 9.60. The maximum Gasteiger partial charge on any atom is 0.116 e. The van der Waals surface area contributed by atoms with Gasteiger partial charge in [-0.2, -0.15) is 0 Å². The van der Waals surface area contributed by atoms with E-state index in [0.717, 1.165) is 23.7 Å². The zero-order valence-corrected chi connectivity index (χ0v) is 13.8. The number of phenolic OH excluding ortho intramolecular Hbond substituents is 1. The third-order valence-electron chi connectivity index (χ3n) is 7.01. The van der Waals surface area contributed by atoms with E-state index >= 15 is 0 Å². The smallest absolute Gasteiger partial charge is 0.116 e. The lowest BCUT2D eigenvalue weighted by molar-refractivity contribution is -0.154. The predicted octanol–water partition coefficient (Wildman–Crippen LogP) is 1.78. The van der Waals surface area contributed by atoms with Crippen LogP contribution in [-0.2, 0) is 6.42 Å². The fourth-order valence-electron chi connectivity index (χ4n) is 5.99. The summed E-state index contributed by atoms with van der Waals surface area (Å²) in [5.41, 5.74) is 3.66. The number of aliphatic hydroxyl groups excluding tert-OH is 2. The summed E-state index contributed by atoms with van der Waals surface area (Å²) in [4.78, 5) is 6.13. The number of hydrogen-bond donors (Lipinski definition) is 4. The Labute approximate surface area is 140 Å². The second kappa shape index (κ2) is 4.97. The molecule has 5 heteroatoms. The van der Waals surface area contributed by atoms with Gasteiger partial charge in [0.15, 0.2) is 0 Å². The molecule has 0 saturated carbocycles. The standard InChI is InChI=1S/C19H24N2O3/c1-9-14(7-22)11-5-18-19-13(6-17(21(9)18)15(11)8-23)12-4-10(24)2-3-16(12)20-19/h2-4,9,11,14-15,17-18,20,22-24H,5-8H2,1H3/t9-,11-,14-,15+,17-,18-/m0/s1. The number of phenols is 1. The van der Waals surface area contributed by atoms with E-state index in [0.29, 0.717) is 29.8 Å². The summed E-state index contributed by atoms with van der Waals surface area (Å²) >= 11 is 0. The average Bonchev–Trinajstić information content (AvgIpc) is 2.93. The van der Waals surface area contributed by atoms with Crippen LogP contribution in [0.4, 0.5) is 0 Å². The molecule has 4 bridgehead atoms. The van der Waals surface area contributed by atoms with Crippen molar-refractivity contribution in [2.75, 3.05) is 13.2 Å². The largest absolute Gasteiger partial charge is 0.508 e. The molecule has 1 aromatic heterocycles. The Morgan fingerprint density at radius 1 is 1.21 bits per heavy atom. The minimum atomic E-state index is 0.185. The average molecular weight is 328 g/mol. The molecule has 4 aliphatic heterocycles. The third kappa shape index (κ3) is 1.70. The van der Waals surface area contributed by atoms with Crippen LogP contribution in [0.2, 0.25) is 0 Å². The van der Waals surface area contributed by atoms with Crippen LogP contribution < -0.4 is 0 Å². The van der Waals surface area contributed by atoms with E-state index < -0.39 is 0 Å². The SMILES string of the molecule is C[C@H]1[C@H](CO)[C@@H]2C[C@H]3c4[nH]c5ccc(O)cc5c4C[C@@H]([C@@H]2CO)N31. The molecule has 3 saturated heterocycles. The summed E-state index contributed by atoms with van der Waals surface area (Å²) in [7, 11) is 0. The van der Waals surface area contributed by atoms with Gasteiger partial charge >= 0.3 is 0 Å². The van der Waals surface area contributed by atoms with Gasteiger partial charge < -0.3 is 20.3 Å². The first kappa shape index (κ1) is 14.8. The highest BCUT2D eigenvalue weighted by atomic mass is 16.3. The molecular weight excluding hydrogens is 304 g/mol. The quantitative estimate of drug-likeness (QED) is 0.677. The normalized spacial score (nSPS) is 40.0. The van der Waals surface area contributed by atoms with Crippen LogP contribution >= 0.6 is 0 Å². The van der Waals surface area contributed by atoms with Gasteiger partial charge in [0.1, 0.15) is 5.75 Å². The van der Waals surface area contributed by atoms with Crippen molar-refractivity contribution < 1.29 is 15.3 Å². The van der Waals surface area contributed by atoms with E-state index in [1.165, 1.54) is 11.3 Å². The zero-order valence-electron chi connectivity index (χ0n) is 13.8. The van der Waals surface area contributed by atoms with Crippen molar-refractivity contribution in [3.05, 3.63) is 29.5 Å². The van der Waals surface area contributed by atoms with E-state index in [4.69, 9.17) is 0 Å². The summed E-state index contributed by atoms with van der Waals surface area (Å²) in [5, 5.41) is 30.9. The van der Waals surface area contributed by atoms with Crippen molar-refractivity contribution in [2.45, 2.75) is 37.9 Å². The van der Waals surface area contributed by atoms with Gasteiger partial charge in [-0.15, -0.1) is 0 Å². The Morgan fingerprint density at radius 2 is 2.00 bits per heavy atom. The number of hydrogen-bond acceptors (Lipinski definition) is 4. The van der Waals surface area contributed by atoms with Crippen LogP contribution in [-0.4, -0.2) is 50.5 Å². The lowest BCUT2D eigenvalue weighted by Crippen LogP contribution is -2.67. The Morgan fingerprint density at radius 3 is 2.75 bits per heavy atom. The monoisotopic (exact) mass is 328 g/mol. The van der Waals surface area contributed by atoms with Gasteiger partial charge in [0.2, 0.25) is 0 Å². The van der Waals surface area contributed by atoms with E-state index in [1.807, 2.05) is 12.1 Å². The van der Waals surface area contributed by atoms with Crippen molar-refractivity contribution in [1.29, 1.82) is 0 Å². The van der Waals surface area contributed by atoms with Crippen LogP contribution in [0, 0.1) is 17.8 Å². The number of aromatic hydroxyl groups is 1. The minimum Gasteiger partial charge on any atom is -0.508 e. The molecule has 1 unspecified atom stereocenters. The number of aromatic nitrogens is 1. The zero-order chi connectivity index (χ0) is 16.6. The molecule has 0 aliphatic carbocycles. The van der Waals surface area contributed by atoms with E-state index in [9.17, 15) is 15.3 Å². The molecule has 0 amide bonds. The molecule has 7 atom stereocenters. The lowest BCUT2D eigenvalue weighted by Gasteiger charge is -2.63. The topological polar surface area (TPSA) is 79.7 Å². The molecule has 6 rings (SSSR count). The number of aromatic amines is 1. The highest BCUT2D eigenvalue weighted by Gasteiger charge is 2.57. The van der Waals surface area contributed by atoms with Crippen LogP contribution in [0.15, 0.2) is 18.2 Å². The highest BCUT2D eigenvalue weighted by Crippen LogP contribution is 2.56. The second-order valence-corrected chi connectivity index (χ2v) is 7.81. The number of nitrogens with one attached hydrogen (secondary N) is 1. The molecule has 3 fully saturated rings. The van der Waals surface area contributed by atoms with Gasteiger partial charge in [0, 0.05) is 53.7 Å². The van der Waals surface area contributed by atoms with Gasteiger partial charge in [-0.1, -0.05) is 0 Å². The summed E-state index contributed by atoms with van der Waals surface area (Å²) < 4.78 is 0. The first-order valence-corrected chi connectivity index (χ1v) is 8.96. The molecule has 4 aliphatic rings. The molecule has 0 radical (unpaired) electrons. The van der Waals surface area contributed by atoms with Gasteiger partial charge in [-0.3, -0.25) is 4.90 Å². The van der Waals surface area contributed by atoms with Crippen LogP contribution in [0.1, 0.15) is 30.6 Å². The van der Waals surface area contributed by atoms with Crippen molar-refractivity contribution in [3.8, 4) is 5.75 Å². The predicted molar refractivity (Wildman–Crippen MR) is 90.8 cm³/mol. The molecule has 5 nitrogen and oxygen atoms in total. The van der Waals surface area contributed by atoms with E-state index in [-0.39, 0.29) is 25.0 Å². The maximum atomic E-state index is 10.0. The summed E-state index contributed by atoms with van der Waals surface area (Å²) in [6.45, 7) is 2.61. The van der Waals surface area contributed by atoms with Crippen molar-refractivity contribution >= 4 is 10.9 Å². The van der Waals surface area contributed by atoms with Crippen molar-refractivity contribution in [3.63, 3.8) is 0 Å². The number of H-pyrrole nitrogens is 1. The molecule has 5 heterocycles. The number of nitrogens with zero attached hydrogens (tertiary/aromatic N) is 1. The molecule has 4 N–H and O–H groups in total. The summed E-state index contributed by atoms with van der Waals surface area (Å²) in [6.07, 6.45) is 1.89. The fourth-order valence-corrected chi connectivity index (χ4v) is 5.99. The minimum absolute atomic E-state index is 0.185. The van der Waals surface area contributed by atoms with Crippen LogP contribution in [0.5, 0.6) is 5.75 Å². The molecule has 1 aromatic carbocycles. The fraction of sp³-hybridized carbons (Fsp3) is 0.579. The third-order valence-corrected chi connectivity index (χ3v) is 7.01. The Kier molecular flexibility index (Phi) is 3.06. The summed E-state index contributed by atoms with van der Waals surface area (Å²) in [6, 6.07) is 6.52. The summed E-state index contributed by atoms with van der Waals surface area (Å²) in [5.74, 6) is 1.16. The van der Waals surface area contributed by atoms with Crippen LogP contribution in [0.3, 0.4) is 0 Å². The Balaban J connectivity index is 1.68. The van der Waals surface area contributed by atoms with Gasteiger partial charge in [-0.05, 0) is 49.4 Å². The van der Waals surface area contributed by atoms with Gasteiger partial charge in [0.05, 0.1) is 6.04 Å². The Hall–Kier alpha value is -1.56. The highest BCUT2D eigenvalue weighted by molar-refractivity contribution is 5.86. The Bertz CT molecular complexity index is 801. The van der Waals surface area contributed by atoms with Gasteiger partial charge in [0.25, 0.3) is 0 Å². The number of aliphatic hydroxyl groups is 2. The first-order chi connectivity index (χ1) is 11.6. The maximum absolute atomic E-state index is 10.0. The van der Waals surface area contributed by atoms with Crippen LogP contribution in [0.25, 0.3) is 10.9 Å². The molecule has 128 valence electrons. The number of rotatable bonds is 2. The molecular formula is C19H24N2O3. The van der Waals surface area contributed by atoms with Gasteiger partial charge in [-0.25, -0.2) is 0 Å². The number of benzene rings is 1. The van der Waals surface area contributed by atoms with Crippen molar-refractivity contribution in [1.82, 2.24) is 9.88 Å². The second-order valence-electron chi connectivity index (χ2n) is 7.81. The molecule has 2 aromatic rings. The first-order valence-electron chi connectivity index (χ1n) is 8.96. The number of piperidine rings is 3. The van der Waals surface area contributed by atoms with Crippen molar-refractivity contribution in [2.24, 2.45) is 17.8 Å². The van der Waals surface area contributed by atoms with E-state index in [2.05, 4.69) is 16.8 Å². The number of fused-ring (bicyclic) bond motifs is 4. The molecule has 0 spiro atoms.